The van der Waals surface area contributed by atoms with Gasteiger partial charge in [-0.05, 0) is 52.4 Å². The molecule has 0 spiro atoms. The fourth-order valence-electron chi connectivity index (χ4n) is 2.35. The van der Waals surface area contributed by atoms with Crippen molar-refractivity contribution in [1.29, 1.82) is 0 Å². The summed E-state index contributed by atoms with van der Waals surface area (Å²) in [5.74, 6) is 2.50. The van der Waals surface area contributed by atoms with Gasteiger partial charge in [-0.25, -0.2) is 4.98 Å². The van der Waals surface area contributed by atoms with E-state index in [1.54, 1.807) is 14.2 Å². The molecule has 1 heterocycles. The van der Waals surface area contributed by atoms with Crippen LogP contribution in [0.2, 0.25) is 0 Å². The van der Waals surface area contributed by atoms with Crippen LogP contribution < -0.4 is 15.2 Å². The lowest BCUT2D eigenvalue weighted by molar-refractivity contribution is 0.354. The van der Waals surface area contributed by atoms with E-state index < -0.39 is 6.04 Å². The molecule has 0 amide bonds. The third-order valence-electron chi connectivity index (χ3n) is 3.67. The molecule has 0 fully saturated rings. The number of halogens is 1. The van der Waals surface area contributed by atoms with Gasteiger partial charge < -0.3 is 15.2 Å². The number of ether oxygens (including phenoxy) is 2. The molecule has 1 aromatic heterocycles. The quantitative estimate of drug-likeness (QED) is 0.601. The fraction of sp³-hybridized carbons (Fsp3) is 0.176. The summed E-state index contributed by atoms with van der Waals surface area (Å²) in [7, 11) is 3.19. The van der Waals surface area contributed by atoms with Crippen molar-refractivity contribution < 1.29 is 9.47 Å². The topological polar surface area (TPSA) is 86.0 Å². The molecule has 0 saturated heterocycles. The first-order valence-electron chi connectivity index (χ1n) is 7.28. The first-order valence-corrected chi connectivity index (χ1v) is 8.36. The van der Waals surface area contributed by atoms with E-state index >= 15 is 0 Å². The van der Waals surface area contributed by atoms with Crippen LogP contribution in [0, 0.1) is 3.57 Å². The summed E-state index contributed by atoms with van der Waals surface area (Å²) >= 11 is 2.26. The molecule has 0 aliphatic carbocycles. The lowest BCUT2D eigenvalue weighted by Crippen LogP contribution is -2.14. The maximum atomic E-state index is 6.32. The van der Waals surface area contributed by atoms with Crippen LogP contribution in [0.25, 0.3) is 11.4 Å². The number of hydrogen-bond acceptors (Lipinski definition) is 5. The Kier molecular flexibility index (Phi) is 5.00. The first-order chi connectivity index (χ1) is 11.6. The Morgan fingerprint density at radius 1 is 1.04 bits per heavy atom. The standard InChI is InChI=1S/C17H17IN4O2/c1-23-13-8-5-11(9-14(13)24-2)15(19)17-20-16(21-22-17)10-3-6-12(18)7-4-10/h3-9,15H,19H2,1-2H3,(H,20,21,22). The SMILES string of the molecule is COc1ccc(C(N)c2nc(-c3ccc(I)cc3)n[nH]2)cc1OC. The van der Waals surface area contributed by atoms with Gasteiger partial charge in [0.2, 0.25) is 0 Å². The van der Waals surface area contributed by atoms with E-state index in [0.29, 0.717) is 23.1 Å². The predicted molar refractivity (Wildman–Crippen MR) is 100 cm³/mol. The molecule has 0 aliphatic heterocycles. The highest BCUT2D eigenvalue weighted by atomic mass is 127. The molecule has 1 atom stereocenters. The zero-order valence-corrected chi connectivity index (χ0v) is 15.4. The second kappa shape index (κ2) is 7.18. The third-order valence-corrected chi connectivity index (χ3v) is 4.39. The Hall–Kier alpha value is -2.13. The zero-order valence-electron chi connectivity index (χ0n) is 13.3. The van der Waals surface area contributed by atoms with Crippen LogP contribution in [0.15, 0.2) is 42.5 Å². The van der Waals surface area contributed by atoms with Gasteiger partial charge in [0, 0.05) is 9.13 Å². The van der Waals surface area contributed by atoms with Gasteiger partial charge in [-0.2, -0.15) is 5.10 Å². The van der Waals surface area contributed by atoms with Gasteiger partial charge in [-0.15, -0.1) is 0 Å². The van der Waals surface area contributed by atoms with Crippen molar-refractivity contribution in [2.24, 2.45) is 5.73 Å². The molecule has 7 heteroatoms. The van der Waals surface area contributed by atoms with E-state index in [2.05, 4.69) is 37.8 Å². The molecule has 1 unspecified atom stereocenters. The second-order valence-corrected chi connectivity index (χ2v) is 6.39. The Morgan fingerprint density at radius 3 is 2.42 bits per heavy atom. The largest absolute Gasteiger partial charge is 0.493 e. The summed E-state index contributed by atoms with van der Waals surface area (Å²) in [6, 6.07) is 13.1. The normalized spacial score (nSPS) is 12.0. The highest BCUT2D eigenvalue weighted by Crippen LogP contribution is 2.31. The number of nitrogens with zero attached hydrogens (tertiary/aromatic N) is 2. The smallest absolute Gasteiger partial charge is 0.181 e. The highest BCUT2D eigenvalue weighted by Gasteiger charge is 2.17. The summed E-state index contributed by atoms with van der Waals surface area (Å²) in [6.07, 6.45) is 0. The summed E-state index contributed by atoms with van der Waals surface area (Å²) in [5, 5.41) is 7.19. The molecule has 3 N–H and O–H groups in total. The molecular formula is C17H17IN4O2. The molecule has 0 saturated carbocycles. The van der Waals surface area contributed by atoms with Crippen molar-refractivity contribution in [1.82, 2.24) is 15.2 Å². The van der Waals surface area contributed by atoms with Crippen LogP contribution >= 0.6 is 22.6 Å². The lowest BCUT2D eigenvalue weighted by Gasteiger charge is -2.13. The van der Waals surface area contributed by atoms with Crippen LogP contribution in [0.4, 0.5) is 0 Å². The van der Waals surface area contributed by atoms with E-state index in [4.69, 9.17) is 15.2 Å². The number of benzene rings is 2. The zero-order chi connectivity index (χ0) is 17.1. The third kappa shape index (κ3) is 3.36. The Balaban J connectivity index is 1.88. The van der Waals surface area contributed by atoms with Crippen LogP contribution in [0.1, 0.15) is 17.4 Å². The number of nitrogens with one attached hydrogen (secondary N) is 1. The maximum absolute atomic E-state index is 6.32. The number of aromatic amines is 1. The number of hydrogen-bond donors (Lipinski definition) is 2. The highest BCUT2D eigenvalue weighted by molar-refractivity contribution is 14.1. The van der Waals surface area contributed by atoms with E-state index in [1.165, 1.54) is 0 Å². The molecule has 124 valence electrons. The van der Waals surface area contributed by atoms with E-state index in [-0.39, 0.29) is 0 Å². The Labute approximate surface area is 153 Å². The molecule has 0 radical (unpaired) electrons. The minimum Gasteiger partial charge on any atom is -0.493 e. The first kappa shape index (κ1) is 16.7. The van der Waals surface area contributed by atoms with Gasteiger partial charge >= 0.3 is 0 Å². The van der Waals surface area contributed by atoms with E-state index in [0.717, 1.165) is 14.7 Å². The van der Waals surface area contributed by atoms with Gasteiger partial charge in [0.05, 0.1) is 20.3 Å². The van der Waals surface area contributed by atoms with Crippen molar-refractivity contribution in [2.75, 3.05) is 14.2 Å². The van der Waals surface area contributed by atoms with Crippen molar-refractivity contribution in [3.8, 4) is 22.9 Å². The lowest BCUT2D eigenvalue weighted by atomic mass is 10.1. The predicted octanol–water partition coefficient (Wildman–Crippen LogP) is 3.14. The minimum atomic E-state index is -0.435. The average Bonchev–Trinajstić information content (AvgIpc) is 3.11. The van der Waals surface area contributed by atoms with E-state index in [9.17, 15) is 0 Å². The number of aromatic nitrogens is 3. The van der Waals surface area contributed by atoms with Crippen LogP contribution in [-0.2, 0) is 0 Å². The molecule has 3 aromatic rings. The minimum absolute atomic E-state index is 0.435. The van der Waals surface area contributed by atoms with Gasteiger partial charge in [0.25, 0.3) is 0 Å². The number of nitrogens with two attached hydrogens (primary N) is 1. The molecule has 6 nitrogen and oxygen atoms in total. The molecule has 24 heavy (non-hydrogen) atoms. The maximum Gasteiger partial charge on any atom is 0.181 e. The number of methoxy groups -OCH3 is 2. The van der Waals surface area contributed by atoms with Gasteiger partial charge in [0.15, 0.2) is 17.3 Å². The van der Waals surface area contributed by atoms with Crippen molar-refractivity contribution in [3.05, 3.63) is 57.4 Å². The van der Waals surface area contributed by atoms with Crippen LogP contribution in [-0.4, -0.2) is 29.4 Å². The second-order valence-electron chi connectivity index (χ2n) is 5.14. The summed E-state index contributed by atoms with van der Waals surface area (Å²) in [5.41, 5.74) is 8.12. The van der Waals surface area contributed by atoms with Gasteiger partial charge in [-0.1, -0.05) is 18.2 Å². The Morgan fingerprint density at radius 2 is 1.75 bits per heavy atom. The summed E-state index contributed by atoms with van der Waals surface area (Å²) < 4.78 is 11.7. The van der Waals surface area contributed by atoms with Crippen LogP contribution in [0.3, 0.4) is 0 Å². The van der Waals surface area contributed by atoms with E-state index in [1.807, 2.05) is 42.5 Å². The van der Waals surface area contributed by atoms with Crippen LogP contribution in [0.5, 0.6) is 11.5 Å². The molecule has 0 aliphatic rings. The molecule has 2 aromatic carbocycles. The summed E-state index contributed by atoms with van der Waals surface area (Å²) in [6.45, 7) is 0. The fourth-order valence-corrected chi connectivity index (χ4v) is 2.71. The molecule has 3 rings (SSSR count). The van der Waals surface area contributed by atoms with Crippen molar-refractivity contribution in [3.63, 3.8) is 0 Å². The van der Waals surface area contributed by atoms with Gasteiger partial charge in [0.1, 0.15) is 5.82 Å². The summed E-state index contributed by atoms with van der Waals surface area (Å²) in [4.78, 5) is 4.52. The number of rotatable bonds is 5. The van der Waals surface area contributed by atoms with Crippen molar-refractivity contribution in [2.45, 2.75) is 6.04 Å². The molecule has 0 bridgehead atoms. The Bertz CT molecular complexity index is 833. The number of H-pyrrole nitrogens is 1. The average molecular weight is 436 g/mol. The molecular weight excluding hydrogens is 419 g/mol. The van der Waals surface area contributed by atoms with Crippen molar-refractivity contribution >= 4 is 22.6 Å². The van der Waals surface area contributed by atoms with Gasteiger partial charge in [-0.3, -0.25) is 5.10 Å². The monoisotopic (exact) mass is 436 g/mol.